The molecule has 6 heteroatoms. The monoisotopic (exact) mass is 1010 g/mol. The lowest BCUT2D eigenvalue weighted by Gasteiger charge is -2.18. The highest BCUT2D eigenvalue weighted by atomic mass is 16.6. The SMILES string of the molecule is CC/C=C\C/C=C\C/C=C\C/C=C\C/C=C\C/C=C\C/C=C\CCCCCCCCCCCC(=O)OCC(COC(=O)CCCCCCCCC)OC(=O)CCCCCC/C=C\C/C=C\C/C=C\C/C=C\CC. The van der Waals surface area contributed by atoms with Crippen LogP contribution in [-0.4, -0.2) is 37.2 Å². The molecular formula is C67H108O6. The Morgan fingerprint density at radius 3 is 0.836 bits per heavy atom. The summed E-state index contributed by atoms with van der Waals surface area (Å²) in [6, 6.07) is 0. The molecule has 1 atom stereocenters. The van der Waals surface area contributed by atoms with E-state index in [0.29, 0.717) is 19.3 Å². The molecule has 412 valence electrons. The third-order valence-electron chi connectivity index (χ3n) is 12.2. The van der Waals surface area contributed by atoms with Crippen molar-refractivity contribution in [3.05, 3.63) is 134 Å². The van der Waals surface area contributed by atoms with Crippen molar-refractivity contribution in [2.24, 2.45) is 0 Å². The van der Waals surface area contributed by atoms with Crippen molar-refractivity contribution in [3.8, 4) is 0 Å². The quantitative estimate of drug-likeness (QED) is 0.0261. The molecule has 0 aliphatic heterocycles. The van der Waals surface area contributed by atoms with Crippen molar-refractivity contribution in [1.29, 1.82) is 0 Å². The van der Waals surface area contributed by atoms with Crippen molar-refractivity contribution >= 4 is 17.9 Å². The maximum absolute atomic E-state index is 12.8. The number of carbonyl (C=O) groups excluding carboxylic acids is 3. The first kappa shape index (κ1) is 68.6. The summed E-state index contributed by atoms with van der Waals surface area (Å²) < 4.78 is 16.8. The molecule has 0 aromatic carbocycles. The van der Waals surface area contributed by atoms with Gasteiger partial charge in [0.2, 0.25) is 0 Å². The third kappa shape index (κ3) is 58.3. The fourth-order valence-electron chi connectivity index (χ4n) is 7.77. The second-order valence-corrected chi connectivity index (χ2v) is 19.1. The Hall–Kier alpha value is -4.45. The van der Waals surface area contributed by atoms with Gasteiger partial charge in [0, 0.05) is 19.3 Å². The van der Waals surface area contributed by atoms with E-state index in [2.05, 4.69) is 154 Å². The predicted octanol–water partition coefficient (Wildman–Crippen LogP) is 20.2. The van der Waals surface area contributed by atoms with Gasteiger partial charge in [0.1, 0.15) is 13.2 Å². The molecule has 0 radical (unpaired) electrons. The van der Waals surface area contributed by atoms with E-state index in [-0.39, 0.29) is 31.1 Å². The van der Waals surface area contributed by atoms with E-state index in [4.69, 9.17) is 14.2 Å². The van der Waals surface area contributed by atoms with Gasteiger partial charge in [0.25, 0.3) is 0 Å². The first-order chi connectivity index (χ1) is 36.0. The molecule has 73 heavy (non-hydrogen) atoms. The normalized spacial score (nSPS) is 13.1. The van der Waals surface area contributed by atoms with E-state index in [0.717, 1.165) is 148 Å². The van der Waals surface area contributed by atoms with E-state index in [1.165, 1.54) is 64.2 Å². The highest BCUT2D eigenvalue weighted by Crippen LogP contribution is 2.14. The fourth-order valence-corrected chi connectivity index (χ4v) is 7.77. The number of unbranched alkanes of at least 4 members (excludes halogenated alkanes) is 19. The number of esters is 3. The Labute approximate surface area is 449 Å². The lowest BCUT2D eigenvalue weighted by molar-refractivity contribution is -0.167. The highest BCUT2D eigenvalue weighted by molar-refractivity contribution is 5.71. The van der Waals surface area contributed by atoms with Crippen LogP contribution in [0.25, 0.3) is 0 Å². The Bertz CT molecular complexity index is 1580. The second-order valence-electron chi connectivity index (χ2n) is 19.1. The zero-order valence-electron chi connectivity index (χ0n) is 47.1. The number of hydrogen-bond acceptors (Lipinski definition) is 6. The Balaban J connectivity index is 4.19. The summed E-state index contributed by atoms with van der Waals surface area (Å²) in [5.74, 6) is -0.933. The third-order valence-corrected chi connectivity index (χ3v) is 12.2. The Morgan fingerprint density at radius 1 is 0.288 bits per heavy atom. The van der Waals surface area contributed by atoms with Crippen LogP contribution in [0.1, 0.15) is 252 Å². The number of ether oxygens (including phenoxy) is 3. The topological polar surface area (TPSA) is 78.9 Å². The summed E-state index contributed by atoms with van der Waals surface area (Å²) in [5, 5.41) is 0. The van der Waals surface area contributed by atoms with Crippen molar-refractivity contribution in [2.45, 2.75) is 258 Å². The molecular weight excluding hydrogens is 901 g/mol. The van der Waals surface area contributed by atoms with Crippen LogP contribution in [0, 0.1) is 0 Å². The number of carbonyl (C=O) groups is 3. The molecule has 0 aliphatic carbocycles. The summed E-state index contributed by atoms with van der Waals surface area (Å²) in [4.78, 5) is 38.0. The van der Waals surface area contributed by atoms with Crippen LogP contribution in [0.4, 0.5) is 0 Å². The lowest BCUT2D eigenvalue weighted by Crippen LogP contribution is -2.30. The first-order valence-electron chi connectivity index (χ1n) is 29.7. The van der Waals surface area contributed by atoms with E-state index in [9.17, 15) is 14.4 Å². The molecule has 0 aromatic heterocycles. The van der Waals surface area contributed by atoms with Crippen LogP contribution in [0.15, 0.2) is 134 Å². The predicted molar refractivity (Wildman–Crippen MR) is 316 cm³/mol. The summed E-state index contributed by atoms with van der Waals surface area (Å²) in [6.07, 6.45) is 84.7. The molecule has 0 N–H and O–H groups in total. The molecule has 0 aliphatic rings. The smallest absolute Gasteiger partial charge is 0.306 e. The molecule has 0 aromatic rings. The molecule has 0 spiro atoms. The molecule has 6 nitrogen and oxygen atoms in total. The number of allylic oxidation sites excluding steroid dienone is 22. The number of hydrogen-bond donors (Lipinski definition) is 0. The van der Waals surface area contributed by atoms with Crippen LogP contribution in [0.3, 0.4) is 0 Å². The zero-order chi connectivity index (χ0) is 52.9. The van der Waals surface area contributed by atoms with Gasteiger partial charge in [-0.2, -0.15) is 0 Å². The summed E-state index contributed by atoms with van der Waals surface area (Å²) >= 11 is 0. The van der Waals surface area contributed by atoms with Crippen LogP contribution >= 0.6 is 0 Å². The molecule has 1 unspecified atom stereocenters. The number of rotatable bonds is 52. The van der Waals surface area contributed by atoms with Crippen molar-refractivity contribution in [3.63, 3.8) is 0 Å². The highest BCUT2D eigenvalue weighted by Gasteiger charge is 2.19. The van der Waals surface area contributed by atoms with Crippen molar-refractivity contribution < 1.29 is 28.6 Å². The first-order valence-corrected chi connectivity index (χ1v) is 29.7. The van der Waals surface area contributed by atoms with Crippen molar-refractivity contribution in [2.75, 3.05) is 13.2 Å². The van der Waals surface area contributed by atoms with E-state index in [1.807, 2.05) is 0 Å². The minimum atomic E-state index is -0.794. The minimum absolute atomic E-state index is 0.0923. The molecule has 0 saturated carbocycles. The van der Waals surface area contributed by atoms with Gasteiger partial charge in [-0.05, 0) is 116 Å². The Kier molecular flexibility index (Phi) is 56.4. The maximum atomic E-state index is 12.8. The van der Waals surface area contributed by atoms with Crippen molar-refractivity contribution in [1.82, 2.24) is 0 Å². The summed E-state index contributed by atoms with van der Waals surface area (Å²) in [6.45, 7) is 6.33. The standard InChI is InChI=1S/C67H108O6/c1-4-7-10-13-16-18-20-22-24-26-27-28-29-30-31-32-33-34-35-36-37-38-39-41-42-44-46-48-51-54-57-60-66(69)72-63-64(62-71-65(68)59-56-53-50-15-12-9-6-3)73-67(70)61-58-55-52-49-47-45-43-40-25-23-21-19-17-14-11-8-5-2/h7-8,10-11,16-19,22-25,27-28,30-31,33-34,36-37,43,45,64H,4-6,9,12-15,20-21,26,29,32,35,38-42,44,46-63H2,1-3H3/b10-7-,11-8-,18-16-,19-17-,24-22-,25-23-,28-27-,31-30-,34-33-,37-36-,45-43-. The zero-order valence-corrected chi connectivity index (χ0v) is 47.1. The largest absolute Gasteiger partial charge is 0.462 e. The van der Waals surface area contributed by atoms with Gasteiger partial charge in [-0.25, -0.2) is 0 Å². The second kappa shape index (κ2) is 60.1. The van der Waals surface area contributed by atoms with Crippen LogP contribution in [0.2, 0.25) is 0 Å². The van der Waals surface area contributed by atoms with Crippen LogP contribution in [0.5, 0.6) is 0 Å². The van der Waals surface area contributed by atoms with Gasteiger partial charge in [-0.1, -0.05) is 251 Å². The van der Waals surface area contributed by atoms with Gasteiger partial charge in [0.05, 0.1) is 0 Å². The summed E-state index contributed by atoms with van der Waals surface area (Å²) in [5.41, 5.74) is 0. The van der Waals surface area contributed by atoms with Crippen LogP contribution < -0.4 is 0 Å². The van der Waals surface area contributed by atoms with Gasteiger partial charge in [0.15, 0.2) is 6.10 Å². The van der Waals surface area contributed by atoms with Gasteiger partial charge in [-0.15, -0.1) is 0 Å². The molecule has 0 rings (SSSR count). The average molecular weight is 1010 g/mol. The molecule has 0 saturated heterocycles. The summed E-state index contributed by atoms with van der Waals surface area (Å²) in [7, 11) is 0. The molecule has 0 amide bonds. The minimum Gasteiger partial charge on any atom is -0.462 e. The van der Waals surface area contributed by atoms with Gasteiger partial charge in [-0.3, -0.25) is 14.4 Å². The Morgan fingerprint density at radius 2 is 0.534 bits per heavy atom. The van der Waals surface area contributed by atoms with E-state index in [1.54, 1.807) is 0 Å². The van der Waals surface area contributed by atoms with E-state index >= 15 is 0 Å². The van der Waals surface area contributed by atoms with Gasteiger partial charge >= 0.3 is 17.9 Å². The fraction of sp³-hybridized carbons (Fsp3) is 0.627. The van der Waals surface area contributed by atoms with Gasteiger partial charge < -0.3 is 14.2 Å². The molecule has 0 fully saturated rings. The van der Waals surface area contributed by atoms with Crippen LogP contribution in [-0.2, 0) is 28.6 Å². The van der Waals surface area contributed by atoms with E-state index < -0.39 is 6.10 Å². The maximum Gasteiger partial charge on any atom is 0.306 e. The lowest BCUT2D eigenvalue weighted by atomic mass is 10.1. The average Bonchev–Trinajstić information content (AvgIpc) is 3.39. The molecule has 0 heterocycles. The molecule has 0 bridgehead atoms.